The van der Waals surface area contributed by atoms with Crippen molar-refractivity contribution in [2.24, 2.45) is 0 Å². The monoisotopic (exact) mass is 210 g/mol. The molecule has 0 aromatic heterocycles. The van der Waals surface area contributed by atoms with Gasteiger partial charge in [0.05, 0.1) is 6.42 Å². The molecule has 3 N–H and O–H groups in total. The summed E-state index contributed by atoms with van der Waals surface area (Å²) in [6, 6.07) is 0. The Morgan fingerprint density at radius 2 is 1.85 bits per heavy atom. The molecule has 0 heterocycles. The lowest BCUT2D eigenvalue weighted by Gasteiger charge is -2.04. The standard InChI is InChI=1S/C5H7O7P/c1-3(5(7)8)2-4(6)12-13(9,10)11/h1-2H2,(H,7,8)(H2,9,10,11). The van der Waals surface area contributed by atoms with Crippen molar-refractivity contribution in [3.63, 3.8) is 0 Å². The Hall–Kier alpha value is -1.17. The predicted octanol–water partition coefficient (Wildman–Crippen LogP) is -0.347. The van der Waals surface area contributed by atoms with Gasteiger partial charge in [0.1, 0.15) is 0 Å². The largest absolute Gasteiger partial charge is 0.526 e. The molecule has 0 saturated heterocycles. The highest BCUT2D eigenvalue weighted by molar-refractivity contribution is 7.46. The number of hydrogen-bond donors (Lipinski definition) is 3. The number of carbonyl (C=O) groups is 2. The second kappa shape index (κ2) is 4.18. The van der Waals surface area contributed by atoms with Crippen molar-refractivity contribution < 1.29 is 33.6 Å². The number of carboxylic acid groups (broad SMARTS) is 1. The van der Waals surface area contributed by atoms with Crippen LogP contribution < -0.4 is 0 Å². The summed E-state index contributed by atoms with van der Waals surface area (Å²) < 4.78 is 13.6. The maximum Gasteiger partial charge on any atom is 0.526 e. The van der Waals surface area contributed by atoms with Gasteiger partial charge in [-0.15, -0.1) is 0 Å². The van der Waals surface area contributed by atoms with Crippen molar-refractivity contribution in [2.45, 2.75) is 6.42 Å². The number of aliphatic carboxylic acids is 1. The van der Waals surface area contributed by atoms with E-state index in [4.69, 9.17) is 14.9 Å². The first-order chi connectivity index (χ1) is 5.72. The summed E-state index contributed by atoms with van der Waals surface area (Å²) >= 11 is 0. The molecule has 0 bridgehead atoms. The van der Waals surface area contributed by atoms with Gasteiger partial charge < -0.3 is 9.63 Å². The molecule has 0 amide bonds. The third kappa shape index (κ3) is 6.03. The zero-order valence-corrected chi connectivity index (χ0v) is 7.23. The first-order valence-corrected chi connectivity index (χ1v) is 4.44. The molecule has 0 saturated carbocycles. The van der Waals surface area contributed by atoms with Gasteiger partial charge in [-0.05, 0) is 0 Å². The lowest BCUT2D eigenvalue weighted by Crippen LogP contribution is -2.08. The van der Waals surface area contributed by atoms with E-state index in [1.54, 1.807) is 0 Å². The Morgan fingerprint density at radius 1 is 1.38 bits per heavy atom. The summed E-state index contributed by atoms with van der Waals surface area (Å²) in [5.41, 5.74) is -0.501. The highest BCUT2D eigenvalue weighted by Crippen LogP contribution is 2.36. The van der Waals surface area contributed by atoms with Gasteiger partial charge in [0.2, 0.25) is 0 Å². The van der Waals surface area contributed by atoms with Crippen LogP contribution in [-0.4, -0.2) is 26.8 Å². The van der Waals surface area contributed by atoms with Gasteiger partial charge in [-0.2, -0.15) is 0 Å². The van der Waals surface area contributed by atoms with Crippen LogP contribution in [0.2, 0.25) is 0 Å². The molecule has 8 heteroatoms. The van der Waals surface area contributed by atoms with Crippen LogP contribution in [0, 0.1) is 0 Å². The summed E-state index contributed by atoms with van der Waals surface area (Å²) in [4.78, 5) is 36.9. The number of carboxylic acids is 1. The molecule has 0 aliphatic heterocycles. The molecule has 74 valence electrons. The lowest BCUT2D eigenvalue weighted by molar-refractivity contribution is -0.138. The van der Waals surface area contributed by atoms with Gasteiger partial charge in [0.15, 0.2) is 0 Å². The molecular formula is C5H7O7P. The van der Waals surface area contributed by atoms with E-state index >= 15 is 0 Å². The van der Waals surface area contributed by atoms with E-state index in [-0.39, 0.29) is 0 Å². The second-order valence-corrected chi connectivity index (χ2v) is 3.20. The zero-order chi connectivity index (χ0) is 10.6. The number of hydrogen-bond acceptors (Lipinski definition) is 4. The molecule has 0 unspecified atom stereocenters. The van der Waals surface area contributed by atoms with E-state index in [2.05, 4.69) is 11.1 Å². The highest BCUT2D eigenvalue weighted by atomic mass is 31.2. The van der Waals surface area contributed by atoms with Gasteiger partial charge in [0, 0.05) is 5.57 Å². The first-order valence-electron chi connectivity index (χ1n) is 2.91. The maximum atomic E-state index is 10.5. The molecule has 0 spiro atoms. The molecule has 7 nitrogen and oxygen atoms in total. The number of phosphoric acid groups is 1. The van der Waals surface area contributed by atoms with Gasteiger partial charge in [-0.3, -0.25) is 14.6 Å². The van der Waals surface area contributed by atoms with Crippen LogP contribution in [0.1, 0.15) is 6.42 Å². The van der Waals surface area contributed by atoms with Crippen molar-refractivity contribution >= 4 is 19.8 Å². The normalized spacial score (nSPS) is 10.6. The minimum atomic E-state index is -4.89. The number of rotatable bonds is 4. The Kier molecular flexibility index (Phi) is 3.80. The van der Waals surface area contributed by atoms with Crippen molar-refractivity contribution in [1.29, 1.82) is 0 Å². The van der Waals surface area contributed by atoms with Gasteiger partial charge in [0.25, 0.3) is 0 Å². The van der Waals surface area contributed by atoms with Crippen LogP contribution in [0.15, 0.2) is 12.2 Å². The van der Waals surface area contributed by atoms with Crippen molar-refractivity contribution in [3.8, 4) is 0 Å². The Labute approximate surface area is 72.9 Å². The molecule has 0 aromatic rings. The van der Waals surface area contributed by atoms with E-state index in [1.165, 1.54) is 0 Å². The molecular weight excluding hydrogens is 203 g/mol. The quantitative estimate of drug-likeness (QED) is 0.428. The van der Waals surface area contributed by atoms with E-state index in [9.17, 15) is 14.2 Å². The summed E-state index contributed by atoms with van der Waals surface area (Å²) in [6.07, 6.45) is -0.763. The topological polar surface area (TPSA) is 121 Å². The molecule has 0 atom stereocenters. The van der Waals surface area contributed by atoms with Crippen LogP contribution in [-0.2, 0) is 18.7 Å². The number of phosphoric ester groups is 1. The average Bonchev–Trinajstić information content (AvgIpc) is 1.81. The fourth-order valence-electron chi connectivity index (χ4n) is 0.415. The van der Waals surface area contributed by atoms with Crippen molar-refractivity contribution in [3.05, 3.63) is 12.2 Å². The Balaban J connectivity index is 4.11. The van der Waals surface area contributed by atoms with Crippen LogP contribution in [0.4, 0.5) is 0 Å². The van der Waals surface area contributed by atoms with E-state index < -0.39 is 31.8 Å². The summed E-state index contributed by atoms with van der Waals surface area (Å²) in [5.74, 6) is -2.76. The highest BCUT2D eigenvalue weighted by Gasteiger charge is 2.22. The Morgan fingerprint density at radius 3 is 2.15 bits per heavy atom. The molecule has 0 rings (SSSR count). The lowest BCUT2D eigenvalue weighted by atomic mass is 10.2. The Bertz CT molecular complexity index is 287. The zero-order valence-electron chi connectivity index (χ0n) is 6.34. The average molecular weight is 210 g/mol. The third-order valence-corrected chi connectivity index (χ3v) is 1.32. The summed E-state index contributed by atoms with van der Waals surface area (Å²) in [6.45, 7) is 2.97. The first kappa shape index (κ1) is 11.8. The molecule has 13 heavy (non-hydrogen) atoms. The van der Waals surface area contributed by atoms with Crippen LogP contribution in [0.3, 0.4) is 0 Å². The van der Waals surface area contributed by atoms with Crippen LogP contribution in [0.5, 0.6) is 0 Å². The molecule has 0 fully saturated rings. The van der Waals surface area contributed by atoms with Gasteiger partial charge >= 0.3 is 19.8 Å². The summed E-state index contributed by atoms with van der Waals surface area (Å²) in [5, 5.41) is 8.23. The van der Waals surface area contributed by atoms with E-state index in [0.717, 1.165) is 0 Å². The molecule has 0 aliphatic rings. The number of carbonyl (C=O) groups excluding carboxylic acids is 1. The third-order valence-electron chi connectivity index (χ3n) is 0.881. The maximum absolute atomic E-state index is 10.5. The SMILES string of the molecule is C=C(CC(=O)OP(=O)(O)O)C(=O)O. The van der Waals surface area contributed by atoms with E-state index in [0.29, 0.717) is 0 Å². The van der Waals surface area contributed by atoms with Crippen molar-refractivity contribution in [2.75, 3.05) is 0 Å². The van der Waals surface area contributed by atoms with Crippen LogP contribution in [0.25, 0.3) is 0 Å². The van der Waals surface area contributed by atoms with E-state index in [1.807, 2.05) is 0 Å². The van der Waals surface area contributed by atoms with Crippen LogP contribution >= 0.6 is 7.82 Å². The predicted molar refractivity (Wildman–Crippen MR) is 39.5 cm³/mol. The van der Waals surface area contributed by atoms with Gasteiger partial charge in [-0.25, -0.2) is 9.36 Å². The van der Waals surface area contributed by atoms with Gasteiger partial charge in [-0.1, -0.05) is 6.58 Å². The minimum Gasteiger partial charge on any atom is -0.478 e. The second-order valence-electron chi connectivity index (χ2n) is 2.04. The molecule has 0 aromatic carbocycles. The fraction of sp³-hybridized carbons (Fsp3) is 0.200. The minimum absolute atomic E-state index is 0.501. The summed E-state index contributed by atoms with van der Waals surface area (Å²) in [7, 11) is -4.89. The molecule has 0 radical (unpaired) electrons. The molecule has 0 aliphatic carbocycles. The fourth-order valence-corrected chi connectivity index (χ4v) is 0.745. The van der Waals surface area contributed by atoms with Crippen molar-refractivity contribution in [1.82, 2.24) is 0 Å². The smallest absolute Gasteiger partial charge is 0.478 e.